The maximum atomic E-state index is 12.3. The molecular formula is C15H25N3O2S. The Labute approximate surface area is 127 Å². The van der Waals surface area contributed by atoms with E-state index in [0.717, 1.165) is 0 Å². The molecule has 0 fully saturated rings. The van der Waals surface area contributed by atoms with E-state index >= 15 is 0 Å². The topological polar surface area (TPSA) is 87.2 Å². The summed E-state index contributed by atoms with van der Waals surface area (Å²) in [5.41, 5.74) is 5.89. The van der Waals surface area contributed by atoms with Crippen molar-refractivity contribution in [1.29, 1.82) is 5.41 Å². The first-order valence-electron chi connectivity index (χ1n) is 7.02. The summed E-state index contributed by atoms with van der Waals surface area (Å²) in [6.45, 7) is 6.83. The van der Waals surface area contributed by atoms with E-state index in [1.54, 1.807) is 12.1 Å². The van der Waals surface area contributed by atoms with Gasteiger partial charge in [0.2, 0.25) is 0 Å². The summed E-state index contributed by atoms with van der Waals surface area (Å²) in [4.78, 5) is 2.34. The van der Waals surface area contributed by atoms with Gasteiger partial charge < -0.3 is 10.6 Å². The number of benzene rings is 1. The van der Waals surface area contributed by atoms with E-state index in [1.807, 2.05) is 7.05 Å². The van der Waals surface area contributed by atoms with Crippen LogP contribution in [0.5, 0.6) is 0 Å². The van der Waals surface area contributed by atoms with Crippen LogP contribution in [-0.2, 0) is 9.84 Å². The molecule has 1 aromatic carbocycles. The van der Waals surface area contributed by atoms with Gasteiger partial charge >= 0.3 is 0 Å². The highest BCUT2D eigenvalue weighted by Crippen LogP contribution is 2.14. The number of nitrogens with zero attached hydrogens (tertiary/aromatic N) is 1. The maximum Gasteiger partial charge on any atom is 0.179 e. The van der Waals surface area contributed by atoms with Crippen LogP contribution in [0.2, 0.25) is 0 Å². The van der Waals surface area contributed by atoms with E-state index in [4.69, 9.17) is 11.1 Å². The molecule has 0 aliphatic carbocycles. The molecule has 21 heavy (non-hydrogen) atoms. The molecular weight excluding hydrogens is 286 g/mol. The highest BCUT2D eigenvalue weighted by molar-refractivity contribution is 7.91. The summed E-state index contributed by atoms with van der Waals surface area (Å²) in [6, 6.07) is 6.49. The molecule has 0 aliphatic heterocycles. The minimum Gasteiger partial charge on any atom is -0.384 e. The first-order chi connectivity index (χ1) is 9.65. The second kappa shape index (κ2) is 7.04. The molecule has 1 rings (SSSR count). The average Bonchev–Trinajstić information content (AvgIpc) is 2.44. The van der Waals surface area contributed by atoms with Crippen LogP contribution in [-0.4, -0.2) is 44.5 Å². The first kappa shape index (κ1) is 17.7. The molecule has 5 nitrogen and oxygen atoms in total. The van der Waals surface area contributed by atoms with Gasteiger partial charge in [0.15, 0.2) is 9.84 Å². The fraction of sp³-hybridized carbons (Fsp3) is 0.533. The van der Waals surface area contributed by atoms with Crippen LogP contribution in [0.15, 0.2) is 29.2 Å². The number of amidine groups is 1. The van der Waals surface area contributed by atoms with Crippen LogP contribution in [0.4, 0.5) is 0 Å². The second-order valence-electron chi connectivity index (χ2n) is 5.72. The lowest BCUT2D eigenvalue weighted by Gasteiger charge is -2.27. The highest BCUT2D eigenvalue weighted by Gasteiger charge is 2.18. The van der Waals surface area contributed by atoms with Crippen molar-refractivity contribution in [1.82, 2.24) is 4.90 Å². The van der Waals surface area contributed by atoms with Crippen molar-refractivity contribution in [3.05, 3.63) is 29.8 Å². The van der Waals surface area contributed by atoms with Crippen molar-refractivity contribution in [2.24, 2.45) is 11.7 Å². The number of hydrogen-bond donors (Lipinski definition) is 2. The number of nitrogens with two attached hydrogens (primary N) is 1. The van der Waals surface area contributed by atoms with Gasteiger partial charge in [0, 0.05) is 18.2 Å². The van der Waals surface area contributed by atoms with Crippen molar-refractivity contribution in [3.63, 3.8) is 0 Å². The predicted octanol–water partition coefficient (Wildman–Crippen LogP) is 1.72. The molecule has 0 aliphatic rings. The Bertz CT molecular complexity index is 579. The Morgan fingerprint density at radius 3 is 2.19 bits per heavy atom. The fourth-order valence-corrected chi connectivity index (χ4v) is 3.25. The maximum absolute atomic E-state index is 12.3. The predicted molar refractivity (Wildman–Crippen MR) is 86.4 cm³/mol. The minimum absolute atomic E-state index is 0.0653. The molecule has 0 heterocycles. The van der Waals surface area contributed by atoms with E-state index in [-0.39, 0.29) is 16.5 Å². The number of rotatable bonds is 7. The third-order valence-electron chi connectivity index (χ3n) is 3.90. The van der Waals surface area contributed by atoms with E-state index in [0.29, 0.717) is 24.1 Å². The molecule has 0 aromatic heterocycles. The Hall–Kier alpha value is -1.40. The zero-order chi connectivity index (χ0) is 16.2. The zero-order valence-electron chi connectivity index (χ0n) is 13.1. The molecule has 0 saturated heterocycles. The monoisotopic (exact) mass is 311 g/mol. The van der Waals surface area contributed by atoms with Crippen molar-refractivity contribution in [2.75, 3.05) is 19.3 Å². The standard InChI is InChI=1S/C15H25N3O2S/c1-11(2)12(3)18(4)9-10-21(19,20)14-7-5-13(6-8-14)15(16)17/h5-8,11-12H,9-10H2,1-4H3,(H3,16,17). The third-order valence-corrected chi connectivity index (χ3v) is 5.61. The lowest BCUT2D eigenvalue weighted by Crippen LogP contribution is -2.36. The van der Waals surface area contributed by atoms with Gasteiger partial charge in [-0.15, -0.1) is 0 Å². The molecule has 0 bridgehead atoms. The molecule has 118 valence electrons. The summed E-state index contributed by atoms with van der Waals surface area (Å²) in [5.74, 6) is 0.497. The minimum atomic E-state index is -3.31. The SMILES string of the molecule is CC(C)C(C)N(C)CCS(=O)(=O)c1ccc(C(=N)N)cc1. The normalized spacial score (nSPS) is 13.6. The smallest absolute Gasteiger partial charge is 0.179 e. The number of nitrogen functional groups attached to an aromatic ring is 1. The Morgan fingerprint density at radius 2 is 1.76 bits per heavy atom. The number of nitrogens with one attached hydrogen (secondary N) is 1. The molecule has 6 heteroatoms. The van der Waals surface area contributed by atoms with Crippen LogP contribution in [0.1, 0.15) is 26.3 Å². The first-order valence-corrected chi connectivity index (χ1v) is 8.68. The van der Waals surface area contributed by atoms with E-state index in [1.165, 1.54) is 12.1 Å². The third kappa shape index (κ3) is 4.82. The lowest BCUT2D eigenvalue weighted by molar-refractivity contribution is 0.219. The van der Waals surface area contributed by atoms with Crippen molar-refractivity contribution in [2.45, 2.75) is 31.7 Å². The molecule has 0 spiro atoms. The van der Waals surface area contributed by atoms with Gasteiger partial charge in [-0.2, -0.15) is 0 Å². The van der Waals surface area contributed by atoms with Crippen LogP contribution in [0.3, 0.4) is 0 Å². The van der Waals surface area contributed by atoms with Gasteiger partial charge in [-0.3, -0.25) is 5.41 Å². The van der Waals surface area contributed by atoms with Crippen LogP contribution in [0, 0.1) is 11.3 Å². The summed E-state index contributed by atoms with van der Waals surface area (Å²) in [7, 11) is -1.37. The molecule has 1 unspecified atom stereocenters. The number of hydrogen-bond acceptors (Lipinski definition) is 4. The fourth-order valence-electron chi connectivity index (χ4n) is 1.94. The Balaban J connectivity index is 2.76. The Morgan fingerprint density at radius 1 is 1.24 bits per heavy atom. The second-order valence-corrected chi connectivity index (χ2v) is 7.83. The van der Waals surface area contributed by atoms with Crippen molar-refractivity contribution < 1.29 is 8.42 Å². The van der Waals surface area contributed by atoms with Gasteiger partial charge in [0.1, 0.15) is 5.84 Å². The molecule has 0 radical (unpaired) electrons. The van der Waals surface area contributed by atoms with E-state index < -0.39 is 9.84 Å². The van der Waals surface area contributed by atoms with Gasteiger partial charge in [0.05, 0.1) is 10.6 Å². The molecule has 0 amide bonds. The largest absolute Gasteiger partial charge is 0.384 e. The van der Waals surface area contributed by atoms with Crippen LogP contribution in [0.25, 0.3) is 0 Å². The average molecular weight is 311 g/mol. The summed E-state index contributed by atoms with van der Waals surface area (Å²) >= 11 is 0. The van der Waals surface area contributed by atoms with Crippen molar-refractivity contribution in [3.8, 4) is 0 Å². The van der Waals surface area contributed by atoms with Crippen molar-refractivity contribution >= 4 is 15.7 Å². The van der Waals surface area contributed by atoms with Gasteiger partial charge in [0.25, 0.3) is 0 Å². The van der Waals surface area contributed by atoms with E-state index in [2.05, 4.69) is 25.7 Å². The molecule has 0 saturated carbocycles. The summed E-state index contributed by atoms with van der Waals surface area (Å²) < 4.78 is 24.6. The lowest BCUT2D eigenvalue weighted by atomic mass is 10.1. The van der Waals surface area contributed by atoms with Gasteiger partial charge in [-0.25, -0.2) is 8.42 Å². The quantitative estimate of drug-likeness (QED) is 0.593. The molecule has 3 N–H and O–H groups in total. The molecule has 1 atom stereocenters. The molecule has 1 aromatic rings. The zero-order valence-corrected chi connectivity index (χ0v) is 13.9. The van der Waals surface area contributed by atoms with Gasteiger partial charge in [-0.05, 0) is 32.0 Å². The Kier molecular flexibility index (Phi) is 5.92. The van der Waals surface area contributed by atoms with E-state index in [9.17, 15) is 8.42 Å². The van der Waals surface area contributed by atoms with Crippen LogP contribution >= 0.6 is 0 Å². The highest BCUT2D eigenvalue weighted by atomic mass is 32.2. The summed E-state index contributed by atoms with van der Waals surface area (Å²) in [5, 5.41) is 7.31. The number of sulfone groups is 1. The van der Waals surface area contributed by atoms with Gasteiger partial charge in [-0.1, -0.05) is 26.0 Å². The summed E-state index contributed by atoms with van der Waals surface area (Å²) in [6.07, 6.45) is 0. The van der Waals surface area contributed by atoms with Crippen LogP contribution < -0.4 is 5.73 Å².